The van der Waals surface area contributed by atoms with Crippen LogP contribution in [0.4, 0.5) is 0 Å². The Bertz CT molecular complexity index is 435. The third-order valence-corrected chi connectivity index (χ3v) is 2.49. The highest BCUT2D eigenvalue weighted by Crippen LogP contribution is 2.23. The molecule has 0 spiro atoms. The molecule has 1 aromatic carbocycles. The van der Waals surface area contributed by atoms with E-state index in [0.29, 0.717) is 11.3 Å². The molecule has 0 bridgehead atoms. The van der Waals surface area contributed by atoms with Gasteiger partial charge < -0.3 is 9.84 Å². The summed E-state index contributed by atoms with van der Waals surface area (Å²) < 4.78 is 5.12. The van der Waals surface area contributed by atoms with Crippen LogP contribution in [-0.2, 0) is 16.0 Å². The van der Waals surface area contributed by atoms with Crippen LogP contribution in [0.1, 0.15) is 16.7 Å². The molecule has 1 N–H and O–H groups in total. The summed E-state index contributed by atoms with van der Waals surface area (Å²) in [6, 6.07) is 3.59. The molecule has 0 aliphatic carbocycles. The minimum absolute atomic E-state index is 0.139. The Labute approximate surface area is 93.9 Å². The fraction of sp³-hybridized carbons (Fsp3) is 0.333. The van der Waals surface area contributed by atoms with Gasteiger partial charge in [0.15, 0.2) is 0 Å². The highest BCUT2D eigenvalue weighted by molar-refractivity contribution is 6.33. The molecule has 1 aromatic rings. The second kappa shape index (κ2) is 4.79. The standard InChI is InChI=1S/C12H14O4/c1-7-4-9(6-10(13)12(14)15)11(16-3)5-8(7)2/h4-5H,6H2,1-3H3,(H,14,15). The van der Waals surface area contributed by atoms with E-state index in [1.807, 2.05) is 13.8 Å². The number of carbonyl (C=O) groups excluding carboxylic acids is 1. The van der Waals surface area contributed by atoms with Gasteiger partial charge in [0.1, 0.15) is 5.75 Å². The number of carboxylic acid groups (broad SMARTS) is 1. The lowest BCUT2D eigenvalue weighted by Crippen LogP contribution is -2.15. The predicted molar refractivity (Wildman–Crippen MR) is 58.8 cm³/mol. The normalized spacial score (nSPS) is 9.94. The number of Topliss-reactive ketones (excluding diaryl/α,β-unsaturated/α-hetero) is 1. The largest absolute Gasteiger partial charge is 0.496 e. The van der Waals surface area contributed by atoms with Crippen LogP contribution >= 0.6 is 0 Å². The van der Waals surface area contributed by atoms with Crippen molar-refractivity contribution >= 4 is 11.8 Å². The van der Waals surface area contributed by atoms with Gasteiger partial charge in [-0.3, -0.25) is 4.79 Å². The van der Waals surface area contributed by atoms with E-state index in [1.165, 1.54) is 7.11 Å². The number of benzene rings is 1. The summed E-state index contributed by atoms with van der Waals surface area (Å²) in [4.78, 5) is 21.6. The Hall–Kier alpha value is -1.84. The summed E-state index contributed by atoms with van der Waals surface area (Å²) in [6.45, 7) is 3.84. The van der Waals surface area contributed by atoms with Gasteiger partial charge in [0, 0.05) is 12.0 Å². The van der Waals surface area contributed by atoms with E-state index in [1.54, 1.807) is 12.1 Å². The molecule has 0 aliphatic rings. The SMILES string of the molecule is COc1cc(C)c(C)cc1CC(=O)C(=O)O. The maximum absolute atomic E-state index is 11.1. The summed E-state index contributed by atoms with van der Waals surface area (Å²) >= 11 is 0. The maximum Gasteiger partial charge on any atom is 0.372 e. The van der Waals surface area contributed by atoms with E-state index in [2.05, 4.69) is 0 Å². The maximum atomic E-state index is 11.1. The number of ether oxygens (including phenoxy) is 1. The van der Waals surface area contributed by atoms with Crippen molar-refractivity contribution in [3.05, 3.63) is 28.8 Å². The van der Waals surface area contributed by atoms with E-state index in [9.17, 15) is 9.59 Å². The van der Waals surface area contributed by atoms with Crippen LogP contribution in [-0.4, -0.2) is 24.0 Å². The summed E-state index contributed by atoms with van der Waals surface area (Å²) in [7, 11) is 1.50. The molecular formula is C12H14O4. The number of rotatable bonds is 4. The number of ketones is 1. The van der Waals surface area contributed by atoms with Crippen molar-refractivity contribution < 1.29 is 19.4 Å². The van der Waals surface area contributed by atoms with Gasteiger partial charge in [-0.2, -0.15) is 0 Å². The molecule has 0 aliphatic heterocycles. The molecule has 4 heteroatoms. The molecule has 0 atom stereocenters. The van der Waals surface area contributed by atoms with Gasteiger partial charge >= 0.3 is 5.97 Å². The predicted octanol–water partition coefficient (Wildman–Crippen LogP) is 1.51. The third-order valence-electron chi connectivity index (χ3n) is 2.49. The Balaban J connectivity index is 3.08. The lowest BCUT2D eigenvalue weighted by molar-refractivity contribution is -0.148. The molecule has 0 radical (unpaired) electrons. The number of carbonyl (C=O) groups is 2. The Morgan fingerprint density at radius 3 is 2.31 bits per heavy atom. The average Bonchev–Trinajstić information content (AvgIpc) is 2.22. The van der Waals surface area contributed by atoms with Crippen molar-refractivity contribution in [2.24, 2.45) is 0 Å². The zero-order valence-electron chi connectivity index (χ0n) is 9.53. The molecule has 0 fully saturated rings. The molecule has 0 saturated carbocycles. The van der Waals surface area contributed by atoms with E-state index >= 15 is 0 Å². The molecule has 4 nitrogen and oxygen atoms in total. The minimum atomic E-state index is -1.42. The van der Waals surface area contributed by atoms with E-state index < -0.39 is 11.8 Å². The first kappa shape index (κ1) is 12.2. The lowest BCUT2D eigenvalue weighted by atomic mass is 10.0. The lowest BCUT2D eigenvalue weighted by Gasteiger charge is -2.10. The second-order valence-corrected chi connectivity index (χ2v) is 3.65. The van der Waals surface area contributed by atoms with E-state index in [0.717, 1.165) is 11.1 Å². The molecule has 0 amide bonds. The number of hydrogen-bond acceptors (Lipinski definition) is 3. The number of aliphatic carboxylic acids is 1. The fourth-order valence-corrected chi connectivity index (χ4v) is 1.43. The first-order valence-corrected chi connectivity index (χ1v) is 4.86. The van der Waals surface area contributed by atoms with E-state index in [-0.39, 0.29) is 6.42 Å². The van der Waals surface area contributed by atoms with Gasteiger partial charge in [0.2, 0.25) is 5.78 Å². The van der Waals surface area contributed by atoms with Gasteiger partial charge in [-0.15, -0.1) is 0 Å². The molecule has 0 saturated heterocycles. The molecular weight excluding hydrogens is 208 g/mol. The first-order valence-electron chi connectivity index (χ1n) is 4.86. The number of aryl methyl sites for hydroxylation is 2. The van der Waals surface area contributed by atoms with Gasteiger partial charge in [-0.25, -0.2) is 4.79 Å². The molecule has 0 aromatic heterocycles. The summed E-state index contributed by atoms with van der Waals surface area (Å²) in [5.74, 6) is -1.69. The van der Waals surface area contributed by atoms with E-state index in [4.69, 9.17) is 9.84 Å². The van der Waals surface area contributed by atoms with Crippen molar-refractivity contribution in [3.8, 4) is 5.75 Å². The van der Waals surface area contributed by atoms with Gasteiger partial charge in [0.05, 0.1) is 7.11 Å². The van der Waals surface area contributed by atoms with Crippen molar-refractivity contribution in [2.45, 2.75) is 20.3 Å². The zero-order chi connectivity index (χ0) is 12.3. The summed E-state index contributed by atoms with van der Waals surface area (Å²) in [6.07, 6.45) is -0.139. The van der Waals surface area contributed by atoms with Crippen molar-refractivity contribution in [1.29, 1.82) is 0 Å². The Morgan fingerprint density at radius 1 is 1.25 bits per heavy atom. The molecule has 86 valence electrons. The second-order valence-electron chi connectivity index (χ2n) is 3.65. The zero-order valence-corrected chi connectivity index (χ0v) is 9.53. The smallest absolute Gasteiger partial charge is 0.372 e. The van der Waals surface area contributed by atoms with Crippen LogP contribution in [0.3, 0.4) is 0 Å². The van der Waals surface area contributed by atoms with Gasteiger partial charge in [0.25, 0.3) is 0 Å². The van der Waals surface area contributed by atoms with Crippen LogP contribution in [0.5, 0.6) is 5.75 Å². The molecule has 0 heterocycles. The first-order chi connectivity index (χ1) is 7.45. The summed E-state index contributed by atoms with van der Waals surface area (Å²) in [5.41, 5.74) is 2.66. The molecule has 1 rings (SSSR count). The Morgan fingerprint density at radius 2 is 1.81 bits per heavy atom. The van der Waals surface area contributed by atoms with Crippen molar-refractivity contribution in [2.75, 3.05) is 7.11 Å². The summed E-state index contributed by atoms with van der Waals surface area (Å²) in [5, 5.41) is 8.54. The highest BCUT2D eigenvalue weighted by Gasteiger charge is 2.15. The van der Waals surface area contributed by atoms with Gasteiger partial charge in [-0.1, -0.05) is 6.07 Å². The van der Waals surface area contributed by atoms with Crippen LogP contribution in [0.25, 0.3) is 0 Å². The quantitative estimate of drug-likeness (QED) is 0.784. The van der Waals surface area contributed by atoms with Crippen LogP contribution in [0.15, 0.2) is 12.1 Å². The Kier molecular flexibility index (Phi) is 3.66. The third kappa shape index (κ3) is 2.59. The molecule has 16 heavy (non-hydrogen) atoms. The van der Waals surface area contributed by atoms with Crippen LogP contribution in [0.2, 0.25) is 0 Å². The van der Waals surface area contributed by atoms with Crippen molar-refractivity contribution in [1.82, 2.24) is 0 Å². The van der Waals surface area contributed by atoms with Crippen LogP contribution in [0, 0.1) is 13.8 Å². The van der Waals surface area contributed by atoms with Crippen LogP contribution < -0.4 is 4.74 Å². The number of methoxy groups -OCH3 is 1. The van der Waals surface area contributed by atoms with Crippen molar-refractivity contribution in [3.63, 3.8) is 0 Å². The van der Waals surface area contributed by atoms with Gasteiger partial charge in [-0.05, 0) is 31.0 Å². The average molecular weight is 222 g/mol. The number of hydrogen-bond donors (Lipinski definition) is 1. The minimum Gasteiger partial charge on any atom is -0.496 e. The molecule has 0 unspecified atom stereocenters. The monoisotopic (exact) mass is 222 g/mol. The highest BCUT2D eigenvalue weighted by atomic mass is 16.5. The fourth-order valence-electron chi connectivity index (χ4n) is 1.43. The topological polar surface area (TPSA) is 63.6 Å². The number of carboxylic acids is 1.